The number of imidazole rings is 2. The van der Waals surface area contributed by atoms with Gasteiger partial charge in [0.2, 0.25) is 10.6 Å². The molecule has 4 aromatic heterocycles. The van der Waals surface area contributed by atoms with Gasteiger partial charge in [-0.15, -0.1) is 0 Å². The van der Waals surface area contributed by atoms with E-state index in [9.17, 15) is 34.8 Å². The lowest BCUT2D eigenvalue weighted by molar-refractivity contribution is -0.138. The number of anilines is 2. The molecule has 0 radical (unpaired) electrons. The third kappa shape index (κ3) is 8.89. The van der Waals surface area contributed by atoms with Crippen LogP contribution in [0.4, 0.5) is 16.4 Å². The minimum absolute atomic E-state index is 0.00287. The molecule has 10 N–H and O–H groups in total. The van der Waals surface area contributed by atoms with Crippen LogP contribution in [0.15, 0.2) is 12.7 Å². The van der Waals surface area contributed by atoms with E-state index in [0.717, 1.165) is 25.7 Å². The number of hydrogen-bond acceptors (Lipinski definition) is 17. The van der Waals surface area contributed by atoms with Gasteiger partial charge in [-0.3, -0.25) is 18.7 Å². The topological polar surface area (TPSA) is 310 Å². The number of aliphatic hydroxyl groups is 4. The third-order valence-electron chi connectivity index (χ3n) is 11.8. The van der Waals surface area contributed by atoms with Crippen molar-refractivity contribution in [1.82, 2.24) is 60.3 Å². The Morgan fingerprint density at radius 3 is 1.35 bits per heavy atom. The Labute approximate surface area is 364 Å². The summed E-state index contributed by atoms with van der Waals surface area (Å²) in [6, 6.07) is -0.302. The highest BCUT2D eigenvalue weighted by Gasteiger charge is 2.49. The van der Waals surface area contributed by atoms with E-state index in [1.165, 1.54) is 21.8 Å². The molecule has 4 fully saturated rings. The van der Waals surface area contributed by atoms with Gasteiger partial charge >= 0.3 is 6.03 Å². The van der Waals surface area contributed by atoms with Crippen molar-refractivity contribution in [2.45, 2.75) is 138 Å². The maximum absolute atomic E-state index is 13.1. The highest BCUT2D eigenvalue weighted by Crippen LogP contribution is 2.36. The molecule has 4 aliphatic rings. The third-order valence-corrected chi connectivity index (χ3v) is 12.2. The molecule has 0 aromatic carbocycles. The van der Waals surface area contributed by atoms with Gasteiger partial charge in [-0.2, -0.15) is 19.9 Å². The lowest BCUT2D eigenvalue weighted by Crippen LogP contribution is -2.49. The van der Waals surface area contributed by atoms with Crippen LogP contribution in [0.1, 0.15) is 77.7 Å². The van der Waals surface area contributed by atoms with Crippen LogP contribution >= 0.6 is 23.2 Å². The van der Waals surface area contributed by atoms with Crippen molar-refractivity contribution < 1.29 is 44.3 Å². The second kappa shape index (κ2) is 18.5. The number of urea groups is 1. The molecular formula is C37H50Cl2N14O9. The van der Waals surface area contributed by atoms with Gasteiger partial charge in [0, 0.05) is 37.3 Å². The average Bonchev–Trinajstić information content (AvgIpc) is 4.00. The molecule has 336 valence electrons. The molecule has 4 aromatic rings. The van der Waals surface area contributed by atoms with E-state index in [2.05, 4.69) is 61.8 Å². The number of nitrogens with one attached hydrogen (secondary N) is 6. The number of fused-ring (bicyclic) bond motifs is 2. The predicted molar refractivity (Wildman–Crippen MR) is 221 cm³/mol. The number of likely N-dealkylation sites (N-methyl/N-ethyl adjacent to an activating group) is 2. The van der Waals surface area contributed by atoms with Crippen molar-refractivity contribution in [3.8, 4) is 0 Å². The molecule has 2 saturated carbocycles. The number of aliphatic hydroxyl groups excluding tert-OH is 4. The SMILES string of the molecule is CCNC(=O)[C@H]1O[C@@H](n2cnc3c(N[C@H]4CC[C@H](NC(=O)N[C@H]5CC[C@H](Nc6nc(Cl)nc7c6ncn7[C@@H]6O[C@H](C(=O)NCC)[C@@H](O)[C@H]6O)CC5)CC4)nc(Cl)nc32)[C@H](O)[C@@H]1O. The molecule has 8 atom stereocenters. The van der Waals surface area contributed by atoms with Crippen LogP contribution in [0, 0.1) is 0 Å². The van der Waals surface area contributed by atoms with Gasteiger partial charge in [0.15, 0.2) is 58.6 Å². The van der Waals surface area contributed by atoms with Crippen LogP contribution in [-0.2, 0) is 19.1 Å². The molecule has 23 nitrogen and oxygen atoms in total. The molecule has 8 rings (SSSR count). The first-order valence-corrected chi connectivity index (χ1v) is 21.6. The number of carbonyl (C=O) groups excluding carboxylic acids is 3. The van der Waals surface area contributed by atoms with Crippen molar-refractivity contribution in [3.63, 3.8) is 0 Å². The van der Waals surface area contributed by atoms with Crippen molar-refractivity contribution in [2.75, 3.05) is 23.7 Å². The zero-order valence-corrected chi connectivity index (χ0v) is 35.3. The fourth-order valence-electron chi connectivity index (χ4n) is 8.68. The van der Waals surface area contributed by atoms with E-state index in [0.29, 0.717) is 61.4 Å². The molecule has 0 unspecified atom stereocenters. The van der Waals surface area contributed by atoms with Crippen LogP contribution in [0.5, 0.6) is 0 Å². The summed E-state index contributed by atoms with van der Waals surface area (Å²) < 4.78 is 14.4. The predicted octanol–water partition coefficient (Wildman–Crippen LogP) is 0.229. The van der Waals surface area contributed by atoms with E-state index < -0.39 is 60.9 Å². The Balaban J connectivity index is 0.805. The van der Waals surface area contributed by atoms with Gasteiger partial charge in [-0.25, -0.2) is 14.8 Å². The van der Waals surface area contributed by atoms with E-state index in [1.54, 1.807) is 13.8 Å². The van der Waals surface area contributed by atoms with Crippen LogP contribution in [0.2, 0.25) is 10.6 Å². The van der Waals surface area contributed by atoms with E-state index >= 15 is 0 Å². The summed E-state index contributed by atoms with van der Waals surface area (Å²) in [4.78, 5) is 64.1. The maximum Gasteiger partial charge on any atom is 0.315 e. The van der Waals surface area contributed by atoms with Crippen LogP contribution in [0.25, 0.3) is 22.3 Å². The molecular weight excluding hydrogens is 855 g/mol. The lowest BCUT2D eigenvalue weighted by Gasteiger charge is -2.32. The van der Waals surface area contributed by atoms with E-state index in [4.69, 9.17) is 32.7 Å². The van der Waals surface area contributed by atoms with Gasteiger partial charge in [0.1, 0.15) is 24.4 Å². The average molecular weight is 906 g/mol. The molecule has 25 heteroatoms. The summed E-state index contributed by atoms with van der Waals surface area (Å²) >= 11 is 12.6. The Kier molecular flexibility index (Phi) is 13.1. The number of nitrogens with zero attached hydrogens (tertiary/aromatic N) is 8. The number of halogens is 2. The molecule has 2 saturated heterocycles. The molecule has 2 aliphatic carbocycles. The molecule has 4 amide bonds. The highest BCUT2D eigenvalue weighted by atomic mass is 35.5. The largest absolute Gasteiger partial charge is 0.387 e. The van der Waals surface area contributed by atoms with Gasteiger partial charge in [-0.05, 0) is 88.4 Å². The lowest BCUT2D eigenvalue weighted by atomic mass is 9.90. The number of ether oxygens (including phenoxy) is 2. The molecule has 2 aliphatic heterocycles. The Morgan fingerprint density at radius 1 is 0.613 bits per heavy atom. The van der Waals surface area contributed by atoms with Crippen LogP contribution < -0.4 is 31.9 Å². The summed E-state index contributed by atoms with van der Waals surface area (Å²) in [5.74, 6) is -0.309. The Bertz CT molecular complexity index is 2120. The van der Waals surface area contributed by atoms with Gasteiger partial charge < -0.3 is 61.8 Å². The highest BCUT2D eigenvalue weighted by molar-refractivity contribution is 6.29. The summed E-state index contributed by atoms with van der Waals surface area (Å²) in [7, 11) is 0. The monoisotopic (exact) mass is 904 g/mol. The van der Waals surface area contributed by atoms with E-state index in [1.807, 2.05) is 0 Å². The molecule has 0 spiro atoms. The van der Waals surface area contributed by atoms with Crippen LogP contribution in [-0.4, -0.2) is 151 Å². The first-order chi connectivity index (χ1) is 29.8. The standard InChI is InChI=1S/C37H50Cl2N14O9/c1-3-40-31(58)25-21(54)23(56)33(61-25)52-13-42-19-27(48-35(38)50-29(19)52)44-15-5-9-17(10-6-15)46-37(60)47-18-11-7-16(8-12-18)45-28-20-30(51-36(39)49-28)53(14-43-20)34-24(57)22(55)26(62-34)32(59)41-4-2/h13-18,21-26,33-34,54-57H,3-12H2,1-2H3,(H,40,58)(H,41,59)(H,44,48,50)(H,45,49,51)(H2,46,47,60)/t15-,16-,17-,18-,21-,22-,23+,24+,25-,26-,33+,34+/m0/s1. The van der Waals surface area contributed by atoms with E-state index in [-0.39, 0.29) is 52.1 Å². The number of rotatable bonds is 12. The molecule has 62 heavy (non-hydrogen) atoms. The van der Waals surface area contributed by atoms with Gasteiger partial charge in [0.25, 0.3) is 11.8 Å². The zero-order valence-electron chi connectivity index (χ0n) is 33.8. The number of hydrogen-bond donors (Lipinski definition) is 10. The second-order valence-electron chi connectivity index (χ2n) is 16.0. The molecule has 6 heterocycles. The fourth-order valence-corrected chi connectivity index (χ4v) is 9.01. The fraction of sp³-hybridized carbons (Fsp3) is 0.649. The Hall–Kier alpha value is -4.75. The zero-order chi connectivity index (χ0) is 43.8. The normalized spacial score (nSPS) is 31.2. The second-order valence-corrected chi connectivity index (χ2v) is 16.7. The summed E-state index contributed by atoms with van der Waals surface area (Å²) in [6.07, 6.45) is -2.07. The van der Waals surface area contributed by atoms with Crippen molar-refractivity contribution in [2.24, 2.45) is 0 Å². The minimum Gasteiger partial charge on any atom is -0.387 e. The number of aromatic nitrogens is 8. The van der Waals surface area contributed by atoms with Crippen molar-refractivity contribution in [3.05, 3.63) is 23.2 Å². The van der Waals surface area contributed by atoms with Gasteiger partial charge in [-0.1, -0.05) is 0 Å². The number of amides is 4. The smallest absolute Gasteiger partial charge is 0.315 e. The summed E-state index contributed by atoms with van der Waals surface area (Å²) in [5, 5.41) is 60.7. The van der Waals surface area contributed by atoms with Crippen LogP contribution in [0.3, 0.4) is 0 Å². The first kappa shape index (κ1) is 43.9. The maximum atomic E-state index is 13.1. The first-order valence-electron chi connectivity index (χ1n) is 20.8. The summed E-state index contributed by atoms with van der Waals surface area (Å²) in [5.41, 5.74) is 1.27. The Morgan fingerprint density at radius 2 is 0.984 bits per heavy atom. The number of carbonyl (C=O) groups is 3. The van der Waals surface area contributed by atoms with Crippen molar-refractivity contribution in [1.29, 1.82) is 0 Å². The van der Waals surface area contributed by atoms with Gasteiger partial charge in [0.05, 0.1) is 12.7 Å². The minimum atomic E-state index is -1.46. The quantitative estimate of drug-likeness (QED) is 0.0851. The van der Waals surface area contributed by atoms with Crippen molar-refractivity contribution >= 4 is 75.0 Å². The summed E-state index contributed by atoms with van der Waals surface area (Å²) in [6.45, 7) is 4.14. The molecule has 0 bridgehead atoms.